The Morgan fingerprint density at radius 3 is 3.00 bits per heavy atom. The fraction of sp³-hybridized carbons (Fsp3) is 0.600. The van der Waals surface area contributed by atoms with Crippen LogP contribution in [0.5, 0.6) is 0 Å². The maximum atomic E-state index is 5.78. The van der Waals surface area contributed by atoms with Crippen molar-refractivity contribution < 1.29 is 0 Å². The van der Waals surface area contributed by atoms with Crippen LogP contribution < -0.4 is 5.73 Å². The minimum Gasteiger partial charge on any atom is -0.391 e. The van der Waals surface area contributed by atoms with Crippen LogP contribution in [0, 0.1) is 0 Å². The first-order valence-corrected chi connectivity index (χ1v) is 5.59. The highest BCUT2D eigenvalue weighted by molar-refractivity contribution is 7.16. The summed E-state index contributed by atoms with van der Waals surface area (Å²) in [6, 6.07) is 2.78. The van der Waals surface area contributed by atoms with Crippen LogP contribution in [0.25, 0.3) is 0 Å². The molecule has 0 fully saturated rings. The molecule has 0 radical (unpaired) electrons. The lowest BCUT2D eigenvalue weighted by atomic mass is 10.1. The molecule has 72 valence electrons. The van der Waals surface area contributed by atoms with Gasteiger partial charge in [-0.2, -0.15) is 0 Å². The largest absolute Gasteiger partial charge is 0.391 e. The topological polar surface area (TPSA) is 29.3 Å². The van der Waals surface area contributed by atoms with Gasteiger partial charge in [0.2, 0.25) is 0 Å². The fourth-order valence-corrected chi connectivity index (χ4v) is 2.75. The number of nitrogens with two attached hydrogens (primary N) is 1. The summed E-state index contributed by atoms with van der Waals surface area (Å²) >= 11 is 1.76. The molecule has 13 heavy (non-hydrogen) atoms. The van der Waals surface area contributed by atoms with Crippen molar-refractivity contribution in [3.05, 3.63) is 16.5 Å². The molecular formula is C10H16N2S. The van der Waals surface area contributed by atoms with Gasteiger partial charge < -0.3 is 5.73 Å². The van der Waals surface area contributed by atoms with Crippen LogP contribution in [-0.2, 0) is 13.0 Å². The zero-order chi connectivity index (χ0) is 9.42. The molecule has 0 aromatic carbocycles. The Hall–Kier alpha value is -0.540. The second-order valence-electron chi connectivity index (χ2n) is 3.91. The van der Waals surface area contributed by atoms with Crippen molar-refractivity contribution in [3.63, 3.8) is 0 Å². The molecule has 1 aromatic heterocycles. The van der Waals surface area contributed by atoms with E-state index in [2.05, 4.69) is 24.8 Å². The van der Waals surface area contributed by atoms with E-state index in [0.717, 1.165) is 11.5 Å². The maximum Gasteiger partial charge on any atom is 0.0862 e. The van der Waals surface area contributed by atoms with Gasteiger partial charge in [-0.3, -0.25) is 4.90 Å². The summed E-state index contributed by atoms with van der Waals surface area (Å²) in [5.41, 5.74) is 7.23. The third kappa shape index (κ3) is 1.71. The highest BCUT2D eigenvalue weighted by Gasteiger charge is 2.19. The van der Waals surface area contributed by atoms with Crippen molar-refractivity contribution in [1.82, 2.24) is 4.90 Å². The van der Waals surface area contributed by atoms with E-state index in [1.807, 2.05) is 0 Å². The van der Waals surface area contributed by atoms with Crippen LogP contribution in [0.3, 0.4) is 0 Å². The van der Waals surface area contributed by atoms with E-state index in [-0.39, 0.29) is 0 Å². The van der Waals surface area contributed by atoms with E-state index in [4.69, 9.17) is 5.73 Å². The highest BCUT2D eigenvalue weighted by atomic mass is 32.1. The fourth-order valence-electron chi connectivity index (χ4n) is 1.82. The quantitative estimate of drug-likeness (QED) is 0.745. The smallest absolute Gasteiger partial charge is 0.0862 e. The third-order valence-electron chi connectivity index (χ3n) is 2.65. The lowest BCUT2D eigenvalue weighted by Gasteiger charge is -2.30. The molecule has 0 aliphatic carbocycles. The Morgan fingerprint density at radius 1 is 1.54 bits per heavy atom. The first-order valence-electron chi connectivity index (χ1n) is 4.78. The first kappa shape index (κ1) is 9.03. The molecule has 2 nitrogen and oxygen atoms in total. The van der Waals surface area contributed by atoms with Crippen molar-refractivity contribution in [3.8, 4) is 0 Å². The number of anilines is 1. The minimum absolute atomic E-state index is 0.647. The summed E-state index contributed by atoms with van der Waals surface area (Å²) in [7, 11) is 0. The number of hydrogen-bond acceptors (Lipinski definition) is 3. The van der Waals surface area contributed by atoms with E-state index in [0.29, 0.717) is 6.04 Å². The van der Waals surface area contributed by atoms with Crippen LogP contribution in [-0.4, -0.2) is 17.5 Å². The predicted molar refractivity (Wildman–Crippen MR) is 58.0 cm³/mol. The van der Waals surface area contributed by atoms with Gasteiger partial charge in [0.1, 0.15) is 0 Å². The van der Waals surface area contributed by atoms with Crippen molar-refractivity contribution in [2.75, 3.05) is 12.3 Å². The molecule has 1 aromatic rings. The second-order valence-corrected chi connectivity index (χ2v) is 5.08. The second kappa shape index (κ2) is 3.31. The SMILES string of the molecule is CC(C)N1CCc2sc(N)cc2C1. The molecule has 0 saturated heterocycles. The van der Waals surface area contributed by atoms with E-state index >= 15 is 0 Å². The standard InChI is InChI=1S/C10H16N2S/c1-7(2)12-4-3-9-8(6-12)5-10(11)13-9/h5,7H,3-4,6,11H2,1-2H3. The van der Waals surface area contributed by atoms with Crippen molar-refractivity contribution in [2.24, 2.45) is 0 Å². The van der Waals surface area contributed by atoms with Gasteiger partial charge in [0, 0.05) is 24.0 Å². The van der Waals surface area contributed by atoms with E-state index in [1.54, 1.807) is 11.3 Å². The minimum atomic E-state index is 0.647. The number of hydrogen-bond donors (Lipinski definition) is 1. The lowest BCUT2D eigenvalue weighted by Crippen LogP contribution is -2.35. The maximum absolute atomic E-state index is 5.78. The summed E-state index contributed by atoms with van der Waals surface area (Å²) < 4.78 is 0. The summed E-state index contributed by atoms with van der Waals surface area (Å²) in [6.07, 6.45) is 1.18. The van der Waals surface area contributed by atoms with Gasteiger partial charge >= 0.3 is 0 Å². The third-order valence-corrected chi connectivity index (χ3v) is 3.71. The summed E-state index contributed by atoms with van der Waals surface area (Å²) in [5, 5.41) is 0.968. The zero-order valence-corrected chi connectivity index (χ0v) is 9.03. The normalized spacial score (nSPS) is 17.8. The summed E-state index contributed by atoms with van der Waals surface area (Å²) in [4.78, 5) is 3.99. The molecule has 1 aliphatic heterocycles. The van der Waals surface area contributed by atoms with Crippen LogP contribution in [0.15, 0.2) is 6.07 Å². The summed E-state index contributed by atoms with van der Waals surface area (Å²) in [5.74, 6) is 0. The van der Waals surface area contributed by atoms with Crippen LogP contribution in [0.2, 0.25) is 0 Å². The molecule has 0 unspecified atom stereocenters. The van der Waals surface area contributed by atoms with Gasteiger partial charge in [-0.05, 0) is 31.9 Å². The number of rotatable bonds is 1. The molecule has 3 heteroatoms. The van der Waals surface area contributed by atoms with Crippen LogP contribution in [0.4, 0.5) is 5.00 Å². The van der Waals surface area contributed by atoms with Gasteiger partial charge in [-0.1, -0.05) is 0 Å². The number of fused-ring (bicyclic) bond motifs is 1. The van der Waals surface area contributed by atoms with Gasteiger partial charge in [0.15, 0.2) is 0 Å². The number of nitrogens with zero attached hydrogens (tertiary/aromatic N) is 1. The Kier molecular flexibility index (Phi) is 2.30. The molecular weight excluding hydrogens is 180 g/mol. The Morgan fingerprint density at radius 2 is 2.31 bits per heavy atom. The molecule has 1 aliphatic rings. The summed E-state index contributed by atoms with van der Waals surface area (Å²) in [6.45, 7) is 6.77. The van der Waals surface area contributed by atoms with Crippen molar-refractivity contribution >= 4 is 16.3 Å². The molecule has 2 heterocycles. The molecule has 0 amide bonds. The Balaban J connectivity index is 2.19. The van der Waals surface area contributed by atoms with Gasteiger partial charge in [-0.15, -0.1) is 11.3 Å². The molecule has 0 bridgehead atoms. The number of nitrogen functional groups attached to an aromatic ring is 1. The Bertz CT molecular complexity index is 304. The Labute approximate surface area is 83.4 Å². The number of thiophene rings is 1. The van der Waals surface area contributed by atoms with Crippen molar-refractivity contribution in [2.45, 2.75) is 32.9 Å². The molecule has 0 spiro atoms. The van der Waals surface area contributed by atoms with E-state index < -0.39 is 0 Å². The van der Waals surface area contributed by atoms with Crippen LogP contribution >= 0.6 is 11.3 Å². The molecule has 2 N–H and O–H groups in total. The average molecular weight is 196 g/mol. The monoisotopic (exact) mass is 196 g/mol. The van der Waals surface area contributed by atoms with Crippen molar-refractivity contribution in [1.29, 1.82) is 0 Å². The van der Waals surface area contributed by atoms with Gasteiger partial charge in [0.05, 0.1) is 5.00 Å². The lowest BCUT2D eigenvalue weighted by molar-refractivity contribution is 0.205. The molecule has 0 saturated carbocycles. The first-order chi connectivity index (χ1) is 6.16. The average Bonchev–Trinajstić information content (AvgIpc) is 2.42. The van der Waals surface area contributed by atoms with E-state index in [1.165, 1.54) is 23.4 Å². The van der Waals surface area contributed by atoms with Gasteiger partial charge in [0.25, 0.3) is 0 Å². The molecule has 2 rings (SSSR count). The van der Waals surface area contributed by atoms with Gasteiger partial charge in [-0.25, -0.2) is 0 Å². The predicted octanol–water partition coefficient (Wildman–Crippen LogP) is 2.10. The molecule has 0 atom stereocenters. The van der Waals surface area contributed by atoms with Crippen LogP contribution in [0.1, 0.15) is 24.3 Å². The zero-order valence-electron chi connectivity index (χ0n) is 8.21. The van der Waals surface area contributed by atoms with E-state index in [9.17, 15) is 0 Å². The highest BCUT2D eigenvalue weighted by Crippen LogP contribution is 2.30.